The van der Waals surface area contributed by atoms with E-state index in [4.69, 9.17) is 6.42 Å². The summed E-state index contributed by atoms with van der Waals surface area (Å²) >= 11 is 0. The Bertz CT molecular complexity index is 1410. The van der Waals surface area contributed by atoms with Gasteiger partial charge in [0, 0.05) is 67.3 Å². The average molecular weight is 455 g/mol. The molecule has 4 aromatic rings. The summed E-state index contributed by atoms with van der Waals surface area (Å²) in [6, 6.07) is 8.22. The molecule has 34 heavy (non-hydrogen) atoms. The fourth-order valence-corrected chi connectivity index (χ4v) is 4.24. The monoisotopic (exact) mass is 454 g/mol. The van der Waals surface area contributed by atoms with Gasteiger partial charge in [0.15, 0.2) is 0 Å². The second kappa shape index (κ2) is 9.00. The number of hydrogen-bond donors (Lipinski definition) is 2. The molecule has 3 aromatic heterocycles. The molecule has 1 aliphatic heterocycles. The summed E-state index contributed by atoms with van der Waals surface area (Å²) in [7, 11) is 2.15. The highest BCUT2D eigenvalue weighted by molar-refractivity contribution is 5.84. The Balaban J connectivity index is 1.47. The molecule has 9 nitrogen and oxygen atoms in total. The van der Waals surface area contributed by atoms with Gasteiger partial charge in [-0.15, -0.1) is 6.42 Å². The van der Waals surface area contributed by atoms with Crippen molar-refractivity contribution in [1.29, 1.82) is 0 Å². The first-order valence-corrected chi connectivity index (χ1v) is 11.2. The van der Waals surface area contributed by atoms with Crippen LogP contribution in [0.3, 0.4) is 0 Å². The standard InChI is InChI=1S/C25H26N8O/c1-4-20-17(2)24(34)33(16-22-26-9-10-27-22)23-21(20)15-28-25(30-23)29-18-5-7-19(8-6-18)32-13-11-31(3)12-14-32/h1,5-10,15H,11-14,16H2,2-3H3,(H,26,27)(H,28,29,30). The highest BCUT2D eigenvalue weighted by Crippen LogP contribution is 2.23. The number of terminal acetylenes is 1. The molecule has 0 saturated carbocycles. The van der Waals surface area contributed by atoms with Crippen molar-refractivity contribution in [3.8, 4) is 12.3 Å². The van der Waals surface area contributed by atoms with Crippen LogP contribution in [0.25, 0.3) is 11.0 Å². The van der Waals surface area contributed by atoms with Crippen LogP contribution in [-0.4, -0.2) is 62.6 Å². The number of benzene rings is 1. The van der Waals surface area contributed by atoms with Crippen LogP contribution in [0.5, 0.6) is 0 Å². The third-order valence-corrected chi connectivity index (χ3v) is 6.23. The number of H-pyrrole nitrogens is 1. The molecule has 5 rings (SSSR count). The second-order valence-corrected chi connectivity index (χ2v) is 8.46. The van der Waals surface area contributed by atoms with E-state index in [1.54, 1.807) is 30.1 Å². The van der Waals surface area contributed by atoms with Crippen LogP contribution >= 0.6 is 0 Å². The Morgan fingerprint density at radius 2 is 1.91 bits per heavy atom. The maximum atomic E-state index is 13.1. The van der Waals surface area contributed by atoms with Gasteiger partial charge in [-0.05, 0) is 38.2 Å². The van der Waals surface area contributed by atoms with Gasteiger partial charge < -0.3 is 20.1 Å². The Morgan fingerprint density at radius 1 is 1.15 bits per heavy atom. The van der Waals surface area contributed by atoms with E-state index in [1.165, 1.54) is 5.69 Å². The molecule has 9 heteroatoms. The fraction of sp³-hybridized carbons (Fsp3) is 0.280. The van der Waals surface area contributed by atoms with Gasteiger partial charge in [-0.25, -0.2) is 9.97 Å². The number of nitrogens with zero attached hydrogens (tertiary/aromatic N) is 6. The maximum absolute atomic E-state index is 13.1. The SMILES string of the molecule is C#Cc1c(C)c(=O)n(Cc2ncc[nH]2)c2nc(Nc3ccc(N4CCN(C)CC4)cc3)ncc12. The smallest absolute Gasteiger partial charge is 0.256 e. The molecule has 1 fully saturated rings. The Kier molecular flexibility index (Phi) is 5.74. The number of nitrogens with one attached hydrogen (secondary N) is 2. The van der Waals surface area contributed by atoms with Crippen molar-refractivity contribution >= 4 is 28.4 Å². The molecule has 2 N–H and O–H groups in total. The predicted molar refractivity (Wildman–Crippen MR) is 134 cm³/mol. The Hall–Kier alpha value is -4.16. The number of anilines is 3. The number of fused-ring (bicyclic) bond motifs is 1. The summed E-state index contributed by atoms with van der Waals surface area (Å²) in [5, 5.41) is 3.91. The van der Waals surface area contributed by atoms with Crippen LogP contribution < -0.4 is 15.8 Å². The van der Waals surface area contributed by atoms with Crippen LogP contribution in [-0.2, 0) is 6.54 Å². The van der Waals surface area contributed by atoms with Gasteiger partial charge >= 0.3 is 0 Å². The molecule has 1 aliphatic rings. The molecular weight excluding hydrogens is 428 g/mol. The van der Waals surface area contributed by atoms with E-state index in [9.17, 15) is 4.79 Å². The molecule has 1 aromatic carbocycles. The summed E-state index contributed by atoms with van der Waals surface area (Å²) in [4.78, 5) is 34.2. The summed E-state index contributed by atoms with van der Waals surface area (Å²) in [6.07, 6.45) is 10.8. The van der Waals surface area contributed by atoms with Crippen molar-refractivity contribution in [2.45, 2.75) is 13.5 Å². The first-order valence-electron chi connectivity index (χ1n) is 11.2. The van der Waals surface area contributed by atoms with Gasteiger partial charge in [-0.2, -0.15) is 4.98 Å². The molecule has 0 aliphatic carbocycles. The van der Waals surface area contributed by atoms with Gasteiger partial charge in [0.1, 0.15) is 11.5 Å². The molecule has 0 radical (unpaired) electrons. The zero-order valence-corrected chi connectivity index (χ0v) is 19.2. The number of rotatable bonds is 5. The largest absolute Gasteiger partial charge is 0.369 e. The normalized spacial score (nSPS) is 14.3. The van der Waals surface area contributed by atoms with Gasteiger partial charge in [0.2, 0.25) is 5.95 Å². The van der Waals surface area contributed by atoms with E-state index < -0.39 is 0 Å². The molecular formula is C25H26N8O. The van der Waals surface area contributed by atoms with Gasteiger partial charge in [0.05, 0.1) is 11.9 Å². The van der Waals surface area contributed by atoms with Gasteiger partial charge in [0.25, 0.3) is 5.56 Å². The number of imidazole rings is 1. The van der Waals surface area contributed by atoms with Crippen molar-refractivity contribution in [3.05, 3.63) is 70.2 Å². The predicted octanol–water partition coefficient (Wildman–Crippen LogP) is 2.35. The lowest BCUT2D eigenvalue weighted by Gasteiger charge is -2.34. The minimum Gasteiger partial charge on any atom is -0.369 e. The highest BCUT2D eigenvalue weighted by Gasteiger charge is 2.17. The topological polar surface area (TPSA) is 95.0 Å². The molecule has 0 atom stereocenters. The van der Waals surface area contributed by atoms with E-state index >= 15 is 0 Å². The number of likely N-dealkylation sites (N-methyl/N-ethyl adjacent to an activating group) is 1. The van der Waals surface area contributed by atoms with Gasteiger partial charge in [-0.3, -0.25) is 9.36 Å². The van der Waals surface area contributed by atoms with Crippen molar-refractivity contribution in [1.82, 2.24) is 29.4 Å². The summed E-state index contributed by atoms with van der Waals surface area (Å²) in [6.45, 7) is 6.13. The highest BCUT2D eigenvalue weighted by atomic mass is 16.1. The summed E-state index contributed by atoms with van der Waals surface area (Å²) in [5.41, 5.74) is 3.33. The van der Waals surface area contributed by atoms with Crippen LogP contribution in [0.15, 0.2) is 47.7 Å². The molecule has 0 unspecified atom stereocenters. The molecule has 4 heterocycles. The number of pyridine rings is 1. The zero-order valence-electron chi connectivity index (χ0n) is 19.2. The van der Waals surface area contributed by atoms with Crippen molar-refractivity contribution in [2.75, 3.05) is 43.4 Å². The van der Waals surface area contributed by atoms with Crippen molar-refractivity contribution in [2.24, 2.45) is 0 Å². The lowest BCUT2D eigenvalue weighted by molar-refractivity contribution is 0.313. The Labute approximate surface area is 197 Å². The van der Waals surface area contributed by atoms with E-state index in [1.807, 2.05) is 12.1 Å². The summed E-state index contributed by atoms with van der Waals surface area (Å²) in [5.74, 6) is 3.67. The third kappa shape index (κ3) is 4.11. The lowest BCUT2D eigenvalue weighted by atomic mass is 10.1. The molecule has 0 spiro atoms. The first kappa shape index (κ1) is 21.7. The van der Waals surface area contributed by atoms with Crippen LogP contribution in [0.1, 0.15) is 17.0 Å². The first-order chi connectivity index (χ1) is 16.5. The van der Waals surface area contributed by atoms with Gasteiger partial charge in [-0.1, -0.05) is 5.92 Å². The molecule has 0 amide bonds. The number of hydrogen-bond acceptors (Lipinski definition) is 7. The average Bonchev–Trinajstić information content (AvgIpc) is 3.37. The molecule has 172 valence electrons. The van der Waals surface area contributed by atoms with Crippen LogP contribution in [0.4, 0.5) is 17.3 Å². The summed E-state index contributed by atoms with van der Waals surface area (Å²) < 4.78 is 1.58. The number of piperazine rings is 1. The second-order valence-electron chi connectivity index (χ2n) is 8.46. The van der Waals surface area contributed by atoms with E-state index in [2.05, 4.69) is 60.2 Å². The number of aromatic amines is 1. The fourth-order valence-electron chi connectivity index (χ4n) is 4.24. The zero-order chi connectivity index (χ0) is 23.7. The molecule has 0 bridgehead atoms. The van der Waals surface area contributed by atoms with E-state index in [0.29, 0.717) is 33.9 Å². The number of aromatic nitrogens is 5. The quantitative estimate of drug-likeness (QED) is 0.447. The maximum Gasteiger partial charge on any atom is 0.256 e. The van der Waals surface area contributed by atoms with Crippen LogP contribution in [0, 0.1) is 19.3 Å². The van der Waals surface area contributed by atoms with Crippen molar-refractivity contribution in [3.63, 3.8) is 0 Å². The molecule has 1 saturated heterocycles. The lowest BCUT2D eigenvalue weighted by Crippen LogP contribution is -2.44. The Morgan fingerprint density at radius 3 is 2.59 bits per heavy atom. The van der Waals surface area contributed by atoms with E-state index in [-0.39, 0.29) is 12.1 Å². The minimum atomic E-state index is -0.196. The third-order valence-electron chi connectivity index (χ3n) is 6.23. The van der Waals surface area contributed by atoms with Crippen molar-refractivity contribution < 1.29 is 0 Å². The van der Waals surface area contributed by atoms with E-state index in [0.717, 1.165) is 31.9 Å². The van der Waals surface area contributed by atoms with Crippen LogP contribution in [0.2, 0.25) is 0 Å². The minimum absolute atomic E-state index is 0.196.